The van der Waals surface area contributed by atoms with Gasteiger partial charge in [-0.1, -0.05) is 6.42 Å². The number of amides is 1. The lowest BCUT2D eigenvalue weighted by atomic mass is 9.83. The van der Waals surface area contributed by atoms with Crippen LogP contribution in [0.15, 0.2) is 0 Å². The molecule has 1 aliphatic carbocycles. The predicted octanol–water partition coefficient (Wildman–Crippen LogP) is -0.173. The van der Waals surface area contributed by atoms with E-state index in [0.717, 1.165) is 12.8 Å². The highest BCUT2D eigenvalue weighted by molar-refractivity contribution is 5.84. The normalized spacial score (nSPS) is 17.7. The second kappa shape index (κ2) is 5.70. The Balaban J connectivity index is 2.30. The molecule has 0 radical (unpaired) electrons. The summed E-state index contributed by atoms with van der Waals surface area (Å²) >= 11 is 0. The van der Waals surface area contributed by atoms with Crippen LogP contribution < -0.4 is 5.32 Å². The number of hydrogen-bond donors (Lipinski definition) is 2. The molecule has 0 aromatic heterocycles. The van der Waals surface area contributed by atoms with Crippen molar-refractivity contribution >= 4 is 11.9 Å². The first-order valence-corrected chi connectivity index (χ1v) is 5.15. The third kappa shape index (κ3) is 3.51. The number of methoxy groups -OCH3 is 1. The van der Waals surface area contributed by atoms with Crippen molar-refractivity contribution in [1.29, 1.82) is 0 Å². The Morgan fingerprint density at radius 1 is 1.53 bits per heavy atom. The topological polar surface area (TPSA) is 75.6 Å². The van der Waals surface area contributed by atoms with Gasteiger partial charge in [0.05, 0.1) is 13.7 Å². The van der Waals surface area contributed by atoms with Gasteiger partial charge in [-0.05, 0) is 18.8 Å². The number of nitrogens with one attached hydrogen (secondary N) is 1. The van der Waals surface area contributed by atoms with E-state index >= 15 is 0 Å². The largest absolute Gasteiger partial charge is 0.467 e. The monoisotopic (exact) mass is 215 g/mol. The number of carbonyl (C=O) groups excluding carboxylic acids is 2. The Morgan fingerprint density at radius 3 is 2.60 bits per heavy atom. The van der Waals surface area contributed by atoms with Crippen molar-refractivity contribution in [3.8, 4) is 0 Å². The van der Waals surface area contributed by atoms with Gasteiger partial charge in [-0.15, -0.1) is 0 Å². The van der Waals surface area contributed by atoms with Gasteiger partial charge in [0.2, 0.25) is 5.91 Å². The first-order valence-electron chi connectivity index (χ1n) is 5.15. The van der Waals surface area contributed by atoms with E-state index in [9.17, 15) is 9.59 Å². The molecule has 0 aromatic rings. The molecule has 1 rings (SSSR count). The second-order valence-corrected chi connectivity index (χ2v) is 3.83. The predicted molar refractivity (Wildman–Crippen MR) is 53.0 cm³/mol. The van der Waals surface area contributed by atoms with Crippen molar-refractivity contribution in [1.82, 2.24) is 5.32 Å². The highest BCUT2D eigenvalue weighted by Gasteiger charge is 2.24. The molecule has 0 aliphatic heterocycles. The van der Waals surface area contributed by atoms with Crippen molar-refractivity contribution in [3.05, 3.63) is 0 Å². The van der Waals surface area contributed by atoms with Crippen molar-refractivity contribution in [2.75, 3.05) is 13.7 Å². The number of aliphatic hydroxyl groups excluding tert-OH is 1. The van der Waals surface area contributed by atoms with Gasteiger partial charge >= 0.3 is 5.97 Å². The molecule has 1 saturated carbocycles. The van der Waals surface area contributed by atoms with Crippen LogP contribution in [0.2, 0.25) is 0 Å². The van der Waals surface area contributed by atoms with E-state index < -0.39 is 18.6 Å². The van der Waals surface area contributed by atoms with Crippen molar-refractivity contribution in [2.24, 2.45) is 5.92 Å². The van der Waals surface area contributed by atoms with Crippen LogP contribution in [-0.4, -0.2) is 36.7 Å². The maximum Gasteiger partial charge on any atom is 0.330 e. The highest BCUT2D eigenvalue weighted by atomic mass is 16.5. The summed E-state index contributed by atoms with van der Waals surface area (Å²) in [5, 5.41) is 11.3. The molecule has 86 valence electrons. The van der Waals surface area contributed by atoms with E-state index in [0.29, 0.717) is 12.3 Å². The molecular weight excluding hydrogens is 198 g/mol. The van der Waals surface area contributed by atoms with E-state index in [4.69, 9.17) is 5.11 Å². The molecule has 2 N–H and O–H groups in total. The number of hydrogen-bond acceptors (Lipinski definition) is 4. The van der Waals surface area contributed by atoms with Gasteiger partial charge in [0, 0.05) is 6.42 Å². The Morgan fingerprint density at radius 2 is 2.20 bits per heavy atom. The third-order valence-electron chi connectivity index (χ3n) is 2.70. The summed E-state index contributed by atoms with van der Waals surface area (Å²) < 4.78 is 4.44. The third-order valence-corrected chi connectivity index (χ3v) is 2.70. The first-order chi connectivity index (χ1) is 7.17. The minimum Gasteiger partial charge on any atom is -0.467 e. The average molecular weight is 215 g/mol. The van der Waals surface area contributed by atoms with Gasteiger partial charge < -0.3 is 15.2 Å². The number of rotatable bonds is 5. The van der Waals surface area contributed by atoms with Gasteiger partial charge in [0.15, 0.2) is 6.04 Å². The smallest absolute Gasteiger partial charge is 0.330 e. The maximum absolute atomic E-state index is 11.4. The van der Waals surface area contributed by atoms with Crippen LogP contribution in [0, 0.1) is 5.92 Å². The zero-order chi connectivity index (χ0) is 11.3. The van der Waals surface area contributed by atoms with Crippen LogP contribution in [0.25, 0.3) is 0 Å². The van der Waals surface area contributed by atoms with E-state index in [1.54, 1.807) is 0 Å². The molecular formula is C10H17NO4. The Bertz CT molecular complexity index is 238. The average Bonchev–Trinajstić information content (AvgIpc) is 2.19. The fourth-order valence-electron chi connectivity index (χ4n) is 1.53. The molecule has 5 heteroatoms. The minimum absolute atomic E-state index is 0.191. The van der Waals surface area contributed by atoms with Gasteiger partial charge in [0.25, 0.3) is 0 Å². The summed E-state index contributed by atoms with van der Waals surface area (Å²) in [5.41, 5.74) is 0. The van der Waals surface area contributed by atoms with Gasteiger partial charge in [-0.2, -0.15) is 0 Å². The van der Waals surface area contributed by atoms with Crippen LogP contribution in [0.4, 0.5) is 0 Å². The van der Waals surface area contributed by atoms with Crippen LogP contribution in [0.5, 0.6) is 0 Å². The number of carbonyl (C=O) groups is 2. The Hall–Kier alpha value is -1.10. The lowest BCUT2D eigenvalue weighted by Crippen LogP contribution is -2.44. The van der Waals surface area contributed by atoms with E-state index in [1.165, 1.54) is 13.5 Å². The lowest BCUT2D eigenvalue weighted by molar-refractivity contribution is -0.146. The fraction of sp³-hybridized carbons (Fsp3) is 0.800. The SMILES string of the molecule is COC(=O)C(CO)NC(=O)CC1CCC1. The lowest BCUT2D eigenvalue weighted by Gasteiger charge is -2.25. The summed E-state index contributed by atoms with van der Waals surface area (Å²) in [4.78, 5) is 22.5. The van der Waals surface area contributed by atoms with Gasteiger partial charge in [-0.25, -0.2) is 4.79 Å². The molecule has 1 aliphatic rings. The summed E-state index contributed by atoms with van der Waals surface area (Å²) in [5.74, 6) is -0.356. The van der Waals surface area contributed by atoms with Crippen molar-refractivity contribution in [3.63, 3.8) is 0 Å². The molecule has 0 heterocycles. The zero-order valence-corrected chi connectivity index (χ0v) is 8.86. The second-order valence-electron chi connectivity index (χ2n) is 3.83. The number of ether oxygens (including phenoxy) is 1. The van der Waals surface area contributed by atoms with Gasteiger partial charge in [0.1, 0.15) is 0 Å². The van der Waals surface area contributed by atoms with Crippen molar-refractivity contribution < 1.29 is 19.4 Å². The molecule has 5 nitrogen and oxygen atoms in total. The summed E-state index contributed by atoms with van der Waals surface area (Å²) in [6.45, 7) is -0.428. The first kappa shape index (κ1) is 12.0. The zero-order valence-electron chi connectivity index (χ0n) is 8.86. The number of aliphatic hydroxyl groups is 1. The molecule has 15 heavy (non-hydrogen) atoms. The summed E-state index contributed by atoms with van der Waals surface area (Å²) in [7, 11) is 1.23. The fourth-order valence-corrected chi connectivity index (χ4v) is 1.53. The van der Waals surface area contributed by atoms with E-state index in [1.807, 2.05) is 0 Å². The molecule has 1 fully saturated rings. The van der Waals surface area contributed by atoms with Crippen LogP contribution in [-0.2, 0) is 14.3 Å². The van der Waals surface area contributed by atoms with Crippen LogP contribution in [0.1, 0.15) is 25.7 Å². The van der Waals surface area contributed by atoms with E-state index in [-0.39, 0.29) is 5.91 Å². The molecule has 0 bridgehead atoms. The molecule has 0 aromatic carbocycles. The molecule has 1 unspecified atom stereocenters. The van der Waals surface area contributed by atoms with E-state index in [2.05, 4.69) is 10.1 Å². The molecule has 0 saturated heterocycles. The summed E-state index contributed by atoms with van der Waals surface area (Å²) in [6, 6.07) is -0.928. The molecule has 0 spiro atoms. The molecule has 1 atom stereocenters. The van der Waals surface area contributed by atoms with Gasteiger partial charge in [-0.3, -0.25) is 4.79 Å². The van der Waals surface area contributed by atoms with Crippen molar-refractivity contribution in [2.45, 2.75) is 31.7 Å². The molecule has 1 amide bonds. The summed E-state index contributed by atoms with van der Waals surface area (Å²) in [6.07, 6.45) is 3.77. The van der Waals surface area contributed by atoms with Crippen LogP contribution in [0.3, 0.4) is 0 Å². The highest BCUT2D eigenvalue weighted by Crippen LogP contribution is 2.29. The quantitative estimate of drug-likeness (QED) is 0.624. The Kier molecular flexibility index (Phi) is 4.55. The van der Waals surface area contributed by atoms with Crippen LogP contribution >= 0.6 is 0 Å². The standard InChI is InChI=1S/C10H17NO4/c1-15-10(14)8(6-12)11-9(13)5-7-3-2-4-7/h7-8,12H,2-6H2,1H3,(H,11,13). The Labute approximate surface area is 88.8 Å². The minimum atomic E-state index is -0.928. The maximum atomic E-state index is 11.4. The number of esters is 1.